The quantitative estimate of drug-likeness (QED) is 0.176. The number of ether oxygens (including phenoxy) is 1. The van der Waals surface area contributed by atoms with Crippen LogP contribution >= 0.6 is 11.6 Å². The lowest BCUT2D eigenvalue weighted by atomic mass is 9.44. The second-order valence-electron chi connectivity index (χ2n) is 14.1. The maximum atomic E-state index is 15.2. The fourth-order valence-corrected chi connectivity index (χ4v) is 9.66. The van der Waals surface area contributed by atoms with Crippen molar-refractivity contribution >= 4 is 46.2 Å². The van der Waals surface area contributed by atoms with Gasteiger partial charge in [-0.05, 0) is 84.0 Å². The average molecular weight is 694 g/mol. The van der Waals surface area contributed by atoms with E-state index in [2.05, 4.69) is 0 Å². The van der Waals surface area contributed by atoms with Crippen LogP contribution < -0.4 is 9.64 Å². The molecular formula is C43H32ClNO6. The molecule has 0 radical (unpaired) electrons. The van der Waals surface area contributed by atoms with Crippen molar-refractivity contribution in [1.82, 2.24) is 0 Å². The van der Waals surface area contributed by atoms with Crippen LogP contribution in [-0.4, -0.2) is 28.5 Å². The number of nitrogens with zero attached hydrogens (tertiary/aromatic N) is 1. The van der Waals surface area contributed by atoms with Crippen LogP contribution in [0.1, 0.15) is 29.5 Å². The van der Waals surface area contributed by atoms with Gasteiger partial charge >= 0.3 is 0 Å². The molecular weight excluding hydrogens is 662 g/mol. The molecule has 252 valence electrons. The zero-order valence-electron chi connectivity index (χ0n) is 27.4. The second kappa shape index (κ2) is 11.8. The molecule has 3 aliphatic carbocycles. The van der Waals surface area contributed by atoms with Crippen LogP contribution in [0.3, 0.4) is 0 Å². The second-order valence-corrected chi connectivity index (χ2v) is 14.5. The molecule has 0 aromatic heterocycles. The van der Waals surface area contributed by atoms with Gasteiger partial charge in [-0.3, -0.25) is 24.1 Å². The van der Waals surface area contributed by atoms with Crippen LogP contribution in [0.2, 0.25) is 5.02 Å². The number of phenolic OH excluding ortho intramolecular Hbond substituents is 1. The molecule has 6 atom stereocenters. The first kappa shape index (κ1) is 31.5. The van der Waals surface area contributed by atoms with E-state index < -0.39 is 35.0 Å². The topological polar surface area (TPSA) is 101 Å². The van der Waals surface area contributed by atoms with Gasteiger partial charge in [-0.1, -0.05) is 83.9 Å². The number of carbonyl (C=O) groups is 4. The van der Waals surface area contributed by atoms with Crippen LogP contribution in [0.25, 0.3) is 5.57 Å². The molecule has 4 aromatic rings. The van der Waals surface area contributed by atoms with Crippen molar-refractivity contribution in [3.8, 4) is 11.5 Å². The number of carbonyl (C=O) groups excluding carboxylic acids is 4. The van der Waals surface area contributed by atoms with Gasteiger partial charge < -0.3 is 9.84 Å². The van der Waals surface area contributed by atoms with Gasteiger partial charge in [-0.2, -0.15) is 0 Å². The monoisotopic (exact) mass is 693 g/mol. The third-order valence-corrected chi connectivity index (χ3v) is 11.9. The van der Waals surface area contributed by atoms with Crippen molar-refractivity contribution in [3.63, 3.8) is 0 Å². The van der Waals surface area contributed by atoms with E-state index >= 15 is 9.59 Å². The molecule has 5 aliphatic rings. The van der Waals surface area contributed by atoms with E-state index in [0.717, 1.165) is 16.7 Å². The summed E-state index contributed by atoms with van der Waals surface area (Å²) < 4.78 is 6.19. The summed E-state index contributed by atoms with van der Waals surface area (Å²) in [6, 6.07) is 30.3. The average Bonchev–Trinajstić information content (AvgIpc) is 3.41. The lowest BCUT2D eigenvalue weighted by Gasteiger charge is -2.56. The number of hydrogen-bond donors (Lipinski definition) is 1. The van der Waals surface area contributed by atoms with Gasteiger partial charge in [0.05, 0.1) is 29.2 Å². The van der Waals surface area contributed by atoms with Gasteiger partial charge in [0, 0.05) is 34.4 Å². The highest BCUT2D eigenvalue weighted by Crippen LogP contribution is 2.63. The van der Waals surface area contributed by atoms with Gasteiger partial charge in [0.2, 0.25) is 11.8 Å². The predicted octanol–water partition coefficient (Wildman–Crippen LogP) is 7.43. The summed E-state index contributed by atoms with van der Waals surface area (Å²) in [7, 11) is 0. The number of benzene rings is 4. The Morgan fingerprint density at radius 2 is 1.55 bits per heavy atom. The molecule has 6 unspecified atom stereocenters. The highest BCUT2D eigenvalue weighted by molar-refractivity contribution is 6.32. The molecule has 8 heteroatoms. The number of halogens is 1. The van der Waals surface area contributed by atoms with Crippen molar-refractivity contribution in [2.75, 3.05) is 4.90 Å². The summed E-state index contributed by atoms with van der Waals surface area (Å²) in [4.78, 5) is 60.1. The Hall–Kier alpha value is -5.53. The molecule has 9 rings (SSSR count). The van der Waals surface area contributed by atoms with Crippen molar-refractivity contribution in [2.24, 2.45) is 29.6 Å². The first-order chi connectivity index (χ1) is 24.8. The standard InChI is InChI=1S/C43H32ClNO6/c44-28-11-13-29(14-12-28)45-41(49)32-17-16-31-34(38(32)42(45)50)21-35-40(48)33(24-7-3-1-4-8-24)22-37(47)43(35,27-9-5-2-6-10-27)39(31)26-19-25-20-30(46)15-18-36(25)51-23-26/h1-16,18,20,22-23,32,34-35,38-39,46H,17,19,21H2. The minimum Gasteiger partial charge on any atom is -0.508 e. The molecule has 2 fully saturated rings. The Morgan fingerprint density at radius 1 is 0.824 bits per heavy atom. The minimum absolute atomic E-state index is 0.0900. The van der Waals surface area contributed by atoms with E-state index in [0.29, 0.717) is 46.0 Å². The Morgan fingerprint density at radius 3 is 2.29 bits per heavy atom. The Bertz CT molecular complexity index is 2240. The van der Waals surface area contributed by atoms with Crippen LogP contribution in [0.4, 0.5) is 5.69 Å². The molecule has 0 spiro atoms. The van der Waals surface area contributed by atoms with E-state index in [1.54, 1.807) is 48.7 Å². The summed E-state index contributed by atoms with van der Waals surface area (Å²) >= 11 is 6.15. The zero-order chi connectivity index (χ0) is 35.0. The fourth-order valence-electron chi connectivity index (χ4n) is 9.53. The van der Waals surface area contributed by atoms with Crippen molar-refractivity contribution < 1.29 is 29.0 Å². The third-order valence-electron chi connectivity index (χ3n) is 11.6. The number of rotatable bonds is 4. The predicted molar refractivity (Wildman–Crippen MR) is 192 cm³/mol. The normalized spacial score (nSPS) is 28.1. The van der Waals surface area contributed by atoms with Gasteiger partial charge in [-0.15, -0.1) is 0 Å². The fraction of sp³-hybridized carbons (Fsp3) is 0.209. The van der Waals surface area contributed by atoms with E-state index in [9.17, 15) is 14.7 Å². The van der Waals surface area contributed by atoms with Crippen molar-refractivity contribution in [2.45, 2.75) is 24.7 Å². The van der Waals surface area contributed by atoms with Crippen LogP contribution in [-0.2, 0) is 31.0 Å². The molecule has 7 nitrogen and oxygen atoms in total. The van der Waals surface area contributed by atoms with Crippen LogP contribution in [0.15, 0.2) is 133 Å². The number of allylic oxidation sites excluding steroid dienone is 5. The number of hydrogen-bond acceptors (Lipinski definition) is 6. The van der Waals surface area contributed by atoms with Crippen molar-refractivity contribution in [3.05, 3.63) is 154 Å². The number of imide groups is 1. The summed E-state index contributed by atoms with van der Waals surface area (Å²) in [6.45, 7) is 0. The number of fused-ring (bicyclic) bond motifs is 5. The maximum Gasteiger partial charge on any atom is 0.238 e. The molecule has 2 amide bonds. The largest absolute Gasteiger partial charge is 0.508 e. The van der Waals surface area contributed by atoms with Gasteiger partial charge in [-0.25, -0.2) is 0 Å². The Balaban J connectivity index is 1.25. The van der Waals surface area contributed by atoms with E-state index in [4.69, 9.17) is 16.3 Å². The number of Topliss-reactive ketones (excluding diaryl/α,β-unsaturated/α-hetero) is 1. The maximum absolute atomic E-state index is 15.2. The highest BCUT2D eigenvalue weighted by atomic mass is 35.5. The molecule has 1 saturated carbocycles. The summed E-state index contributed by atoms with van der Waals surface area (Å²) in [5.41, 5.74) is 3.19. The zero-order valence-corrected chi connectivity index (χ0v) is 28.1. The number of anilines is 1. The van der Waals surface area contributed by atoms with Gasteiger partial charge in [0.25, 0.3) is 0 Å². The first-order valence-electron chi connectivity index (χ1n) is 17.2. The molecule has 1 N–H and O–H groups in total. The third kappa shape index (κ3) is 4.64. The smallest absolute Gasteiger partial charge is 0.238 e. The molecule has 1 saturated heterocycles. The molecule has 2 aliphatic heterocycles. The van der Waals surface area contributed by atoms with E-state index in [1.807, 2.05) is 66.7 Å². The molecule has 0 bridgehead atoms. The van der Waals surface area contributed by atoms with Gasteiger partial charge in [0.1, 0.15) is 11.5 Å². The summed E-state index contributed by atoms with van der Waals surface area (Å²) in [5.74, 6) is -3.62. The molecule has 4 aromatic carbocycles. The Labute approximate surface area is 299 Å². The number of ketones is 2. The first-order valence-corrected chi connectivity index (χ1v) is 17.6. The van der Waals surface area contributed by atoms with Gasteiger partial charge in [0.15, 0.2) is 11.6 Å². The van der Waals surface area contributed by atoms with Crippen LogP contribution in [0.5, 0.6) is 11.5 Å². The SMILES string of the molecule is O=C1C(c2ccccc2)=CC(=O)C2(c3ccccc3)C1CC1C(=CCC3C(=O)N(c4ccc(Cl)cc4)C(=O)C31)C2C1=COc2ccc(O)cc2C1. The highest BCUT2D eigenvalue weighted by Gasteiger charge is 2.66. The van der Waals surface area contributed by atoms with Crippen LogP contribution in [0, 0.1) is 29.6 Å². The van der Waals surface area contributed by atoms with E-state index in [-0.39, 0.29) is 35.6 Å². The summed E-state index contributed by atoms with van der Waals surface area (Å²) in [5, 5.41) is 10.9. The minimum atomic E-state index is -1.35. The number of phenols is 1. The summed E-state index contributed by atoms with van der Waals surface area (Å²) in [6.07, 6.45) is 6.12. The number of amides is 2. The van der Waals surface area contributed by atoms with Crippen molar-refractivity contribution in [1.29, 1.82) is 0 Å². The lowest BCUT2D eigenvalue weighted by molar-refractivity contribution is -0.136. The molecule has 51 heavy (non-hydrogen) atoms. The lowest BCUT2D eigenvalue weighted by Crippen LogP contribution is -2.60. The molecule has 2 heterocycles. The number of aromatic hydroxyl groups is 1. The van der Waals surface area contributed by atoms with E-state index in [1.165, 1.54) is 11.0 Å². The Kier molecular flexibility index (Phi) is 7.26.